The van der Waals surface area contributed by atoms with Crippen LogP contribution in [0.2, 0.25) is 0 Å². The Labute approximate surface area is 127 Å². The van der Waals surface area contributed by atoms with Crippen molar-refractivity contribution in [2.75, 3.05) is 25.6 Å². The van der Waals surface area contributed by atoms with Crippen molar-refractivity contribution < 1.29 is 21.6 Å². The molecule has 1 rings (SSSR count). The summed E-state index contributed by atoms with van der Waals surface area (Å²) in [6.45, 7) is 0.309. The van der Waals surface area contributed by atoms with E-state index < -0.39 is 21.6 Å². The molecule has 2 N–H and O–H groups in total. The van der Waals surface area contributed by atoms with Gasteiger partial charge in [-0.25, -0.2) is 8.42 Å². The van der Waals surface area contributed by atoms with Gasteiger partial charge in [0, 0.05) is 26.4 Å². The van der Waals surface area contributed by atoms with Gasteiger partial charge < -0.3 is 10.6 Å². The number of nitrogens with zero attached hydrogens (tertiary/aromatic N) is 1. The van der Waals surface area contributed by atoms with Crippen molar-refractivity contribution in [1.82, 2.24) is 10.6 Å². The molecule has 5 nitrogen and oxygen atoms in total. The smallest absolute Gasteiger partial charge is 0.355 e. The number of rotatable bonds is 5. The minimum Gasteiger partial charge on any atom is -0.355 e. The van der Waals surface area contributed by atoms with E-state index in [0.29, 0.717) is 11.5 Å². The summed E-state index contributed by atoms with van der Waals surface area (Å²) >= 11 is 0. The quantitative estimate of drug-likeness (QED) is 0.630. The van der Waals surface area contributed by atoms with Crippen molar-refractivity contribution in [3.8, 4) is 0 Å². The second kappa shape index (κ2) is 7.48. The maximum Gasteiger partial charge on any atom is 0.416 e. The summed E-state index contributed by atoms with van der Waals surface area (Å²) in [5.74, 6) is 0.262. The molecule has 0 aliphatic heterocycles. The molecule has 0 spiro atoms. The van der Waals surface area contributed by atoms with Crippen molar-refractivity contribution >= 4 is 15.8 Å². The van der Waals surface area contributed by atoms with E-state index in [0.717, 1.165) is 18.4 Å². The van der Waals surface area contributed by atoms with Gasteiger partial charge in [0.15, 0.2) is 5.96 Å². The van der Waals surface area contributed by atoms with Crippen molar-refractivity contribution in [3.63, 3.8) is 0 Å². The molecule has 22 heavy (non-hydrogen) atoms. The van der Waals surface area contributed by atoms with Gasteiger partial charge in [-0.05, 0) is 17.7 Å². The number of nitrogens with one attached hydrogen (secondary N) is 2. The van der Waals surface area contributed by atoms with Crippen LogP contribution in [0.1, 0.15) is 11.1 Å². The molecule has 0 unspecified atom stereocenters. The van der Waals surface area contributed by atoms with Crippen molar-refractivity contribution in [3.05, 3.63) is 35.4 Å². The standard InChI is InChI=1S/C13H18F3N3O2S/c1-17-12(18-6-7-22(2,20)21)19-9-10-4-3-5-11(8-10)13(14,15)16/h3-5,8H,6-7,9H2,1-2H3,(H2,17,18,19). The van der Waals surface area contributed by atoms with Crippen LogP contribution in [0.25, 0.3) is 0 Å². The zero-order chi connectivity index (χ0) is 16.8. The van der Waals surface area contributed by atoms with E-state index in [1.165, 1.54) is 13.1 Å². The zero-order valence-corrected chi connectivity index (χ0v) is 13.1. The number of hydrogen-bond acceptors (Lipinski definition) is 3. The molecule has 0 radical (unpaired) electrons. The summed E-state index contributed by atoms with van der Waals surface area (Å²) in [6.07, 6.45) is -3.26. The van der Waals surface area contributed by atoms with Gasteiger partial charge in [-0.3, -0.25) is 4.99 Å². The van der Waals surface area contributed by atoms with Gasteiger partial charge in [0.1, 0.15) is 9.84 Å². The molecule has 0 saturated carbocycles. The summed E-state index contributed by atoms with van der Waals surface area (Å²) in [7, 11) is -1.60. The topological polar surface area (TPSA) is 70.6 Å². The molecular formula is C13H18F3N3O2S. The van der Waals surface area contributed by atoms with Gasteiger partial charge in [-0.1, -0.05) is 12.1 Å². The highest BCUT2D eigenvalue weighted by molar-refractivity contribution is 7.90. The van der Waals surface area contributed by atoms with E-state index in [9.17, 15) is 21.6 Å². The Morgan fingerprint density at radius 3 is 2.50 bits per heavy atom. The molecule has 0 aliphatic rings. The first-order valence-electron chi connectivity index (χ1n) is 6.40. The van der Waals surface area contributed by atoms with E-state index in [2.05, 4.69) is 15.6 Å². The summed E-state index contributed by atoms with van der Waals surface area (Å²) in [5.41, 5.74) is -0.271. The minimum absolute atomic E-state index is 0.0583. The Morgan fingerprint density at radius 2 is 1.95 bits per heavy atom. The first kappa shape index (κ1) is 18.3. The van der Waals surface area contributed by atoms with Crippen LogP contribution in [0, 0.1) is 0 Å². The lowest BCUT2D eigenvalue weighted by atomic mass is 10.1. The Bertz CT molecular complexity index is 628. The fraction of sp³-hybridized carbons (Fsp3) is 0.462. The van der Waals surface area contributed by atoms with Crippen LogP contribution in [0.15, 0.2) is 29.3 Å². The van der Waals surface area contributed by atoms with Gasteiger partial charge >= 0.3 is 6.18 Å². The number of halogens is 3. The molecule has 124 valence electrons. The van der Waals surface area contributed by atoms with E-state index in [-0.39, 0.29) is 18.8 Å². The molecule has 0 fully saturated rings. The number of benzene rings is 1. The lowest BCUT2D eigenvalue weighted by Gasteiger charge is -2.13. The molecule has 0 aromatic heterocycles. The third-order valence-electron chi connectivity index (χ3n) is 2.70. The Kier molecular flexibility index (Phi) is 6.21. The molecule has 0 aliphatic carbocycles. The van der Waals surface area contributed by atoms with Crippen molar-refractivity contribution in [2.45, 2.75) is 12.7 Å². The highest BCUT2D eigenvalue weighted by atomic mass is 32.2. The SMILES string of the molecule is CN=C(NCCS(C)(=O)=O)NCc1cccc(C(F)(F)F)c1. The van der Waals surface area contributed by atoms with Crippen LogP contribution in [0.5, 0.6) is 0 Å². The molecule has 0 atom stereocenters. The number of hydrogen-bond donors (Lipinski definition) is 2. The highest BCUT2D eigenvalue weighted by Gasteiger charge is 2.30. The first-order chi connectivity index (χ1) is 10.1. The predicted octanol–water partition coefficient (Wildman–Crippen LogP) is 1.42. The van der Waals surface area contributed by atoms with Crippen LogP contribution in [-0.4, -0.2) is 40.0 Å². The molecular weight excluding hydrogens is 319 g/mol. The van der Waals surface area contributed by atoms with Crippen molar-refractivity contribution in [2.24, 2.45) is 4.99 Å². The maximum atomic E-state index is 12.6. The summed E-state index contributed by atoms with van der Waals surface area (Å²) in [6, 6.07) is 4.95. The fourth-order valence-electron chi connectivity index (χ4n) is 1.62. The average Bonchev–Trinajstić information content (AvgIpc) is 2.40. The third kappa shape index (κ3) is 6.79. The molecule has 0 saturated heterocycles. The zero-order valence-electron chi connectivity index (χ0n) is 12.2. The number of aliphatic imine (C=N–C) groups is 1. The molecule has 0 amide bonds. The van der Waals surface area contributed by atoms with Crippen LogP contribution >= 0.6 is 0 Å². The van der Waals surface area contributed by atoms with Crippen LogP contribution in [0.3, 0.4) is 0 Å². The normalized spacial score (nSPS) is 13.0. The number of sulfone groups is 1. The molecule has 0 bridgehead atoms. The van der Waals surface area contributed by atoms with Crippen molar-refractivity contribution in [1.29, 1.82) is 0 Å². The highest BCUT2D eigenvalue weighted by Crippen LogP contribution is 2.29. The van der Waals surface area contributed by atoms with E-state index in [1.807, 2.05) is 0 Å². The van der Waals surface area contributed by atoms with Gasteiger partial charge in [0.2, 0.25) is 0 Å². The van der Waals surface area contributed by atoms with Crippen LogP contribution < -0.4 is 10.6 Å². The molecule has 1 aromatic rings. The number of guanidine groups is 1. The largest absolute Gasteiger partial charge is 0.416 e. The lowest BCUT2D eigenvalue weighted by Crippen LogP contribution is -2.39. The Balaban J connectivity index is 2.57. The van der Waals surface area contributed by atoms with Gasteiger partial charge in [-0.2, -0.15) is 13.2 Å². The molecule has 1 aromatic carbocycles. The van der Waals surface area contributed by atoms with E-state index in [4.69, 9.17) is 0 Å². The molecule has 9 heteroatoms. The van der Waals surface area contributed by atoms with Crippen LogP contribution in [0.4, 0.5) is 13.2 Å². The molecule has 0 heterocycles. The minimum atomic E-state index is -4.38. The lowest BCUT2D eigenvalue weighted by molar-refractivity contribution is -0.137. The summed E-state index contributed by atoms with van der Waals surface area (Å²) in [4.78, 5) is 3.87. The average molecular weight is 337 g/mol. The fourth-order valence-corrected chi connectivity index (χ4v) is 2.09. The van der Waals surface area contributed by atoms with Gasteiger partial charge in [0.25, 0.3) is 0 Å². The Morgan fingerprint density at radius 1 is 1.27 bits per heavy atom. The second-order valence-corrected chi connectivity index (χ2v) is 6.94. The monoisotopic (exact) mass is 337 g/mol. The maximum absolute atomic E-state index is 12.6. The van der Waals surface area contributed by atoms with Gasteiger partial charge in [-0.15, -0.1) is 0 Å². The predicted molar refractivity (Wildman–Crippen MR) is 79.4 cm³/mol. The van der Waals surface area contributed by atoms with Crippen LogP contribution in [-0.2, 0) is 22.6 Å². The van der Waals surface area contributed by atoms with Gasteiger partial charge in [0.05, 0.1) is 11.3 Å². The Hall–Kier alpha value is -1.77. The third-order valence-corrected chi connectivity index (χ3v) is 3.65. The number of alkyl halides is 3. The second-order valence-electron chi connectivity index (χ2n) is 4.68. The van der Waals surface area contributed by atoms with E-state index >= 15 is 0 Å². The van der Waals surface area contributed by atoms with E-state index in [1.54, 1.807) is 6.07 Å². The first-order valence-corrected chi connectivity index (χ1v) is 8.46. The summed E-state index contributed by atoms with van der Waals surface area (Å²) < 4.78 is 59.8. The summed E-state index contributed by atoms with van der Waals surface area (Å²) in [5, 5.41) is 5.61.